The van der Waals surface area contributed by atoms with E-state index in [-0.39, 0.29) is 11.9 Å². The average Bonchev–Trinajstić information content (AvgIpc) is 3.21. The highest BCUT2D eigenvalue weighted by Crippen LogP contribution is 2.38. The summed E-state index contributed by atoms with van der Waals surface area (Å²) in [5.74, 6) is 0.602. The Bertz CT molecular complexity index is 897. The number of hydrogen-bond acceptors (Lipinski definition) is 4. The van der Waals surface area contributed by atoms with Crippen LogP contribution in [0.1, 0.15) is 69.4 Å². The Kier molecular flexibility index (Phi) is 7.71. The molecule has 0 spiro atoms. The molecule has 2 aliphatic carbocycles. The van der Waals surface area contributed by atoms with Crippen molar-refractivity contribution >= 4 is 11.6 Å². The largest absolute Gasteiger partial charge is 0.347 e. The second-order valence-electron chi connectivity index (χ2n) is 8.83. The maximum atomic E-state index is 15.2. The minimum absolute atomic E-state index is 0.222. The summed E-state index contributed by atoms with van der Waals surface area (Å²) >= 11 is 6.61. The second kappa shape index (κ2) is 10.7. The molecular formula is C26H33ClFN3O. The van der Waals surface area contributed by atoms with Gasteiger partial charge >= 0.3 is 0 Å². The highest BCUT2D eigenvalue weighted by molar-refractivity contribution is 6.31. The van der Waals surface area contributed by atoms with Crippen LogP contribution in [0.15, 0.2) is 60.7 Å². The Labute approximate surface area is 195 Å². The van der Waals surface area contributed by atoms with E-state index in [2.05, 4.69) is 29.9 Å². The molecule has 0 amide bonds. The fourth-order valence-corrected chi connectivity index (χ4v) is 4.60. The zero-order valence-electron chi connectivity index (χ0n) is 18.7. The summed E-state index contributed by atoms with van der Waals surface area (Å²) in [7, 11) is 0. The van der Waals surface area contributed by atoms with Gasteiger partial charge in [-0.1, -0.05) is 68.5 Å². The summed E-state index contributed by atoms with van der Waals surface area (Å²) in [6, 6.07) is 3.47. The fraction of sp³-hybridized carbons (Fsp3) is 0.462. The average molecular weight is 458 g/mol. The highest BCUT2D eigenvalue weighted by atomic mass is 35.5. The summed E-state index contributed by atoms with van der Waals surface area (Å²) in [5.41, 5.74) is 4.02. The van der Waals surface area contributed by atoms with Crippen molar-refractivity contribution in [1.29, 1.82) is 0 Å². The number of allylic oxidation sites excluding steroid dienone is 3. The van der Waals surface area contributed by atoms with Gasteiger partial charge < -0.3 is 10.2 Å². The van der Waals surface area contributed by atoms with Gasteiger partial charge in [-0.15, -0.1) is 0 Å². The molecule has 4 rings (SSSR count). The summed E-state index contributed by atoms with van der Waals surface area (Å²) in [4.78, 5) is 7.99. The van der Waals surface area contributed by atoms with Gasteiger partial charge in [-0.05, 0) is 49.5 Å². The van der Waals surface area contributed by atoms with E-state index in [0.29, 0.717) is 17.1 Å². The van der Waals surface area contributed by atoms with Gasteiger partial charge in [0.25, 0.3) is 0 Å². The molecule has 1 saturated carbocycles. The van der Waals surface area contributed by atoms with Crippen LogP contribution >= 0.6 is 11.6 Å². The third-order valence-corrected chi connectivity index (χ3v) is 6.76. The van der Waals surface area contributed by atoms with Gasteiger partial charge in [0.15, 0.2) is 0 Å². The summed E-state index contributed by atoms with van der Waals surface area (Å²) in [6.45, 7) is 2.51. The molecule has 1 heterocycles. The van der Waals surface area contributed by atoms with Crippen LogP contribution in [0.2, 0.25) is 5.02 Å². The number of rotatable bonds is 9. The molecule has 6 heteroatoms. The van der Waals surface area contributed by atoms with Crippen LogP contribution in [-0.2, 0) is 16.9 Å². The van der Waals surface area contributed by atoms with Crippen molar-refractivity contribution in [2.24, 2.45) is 0 Å². The van der Waals surface area contributed by atoms with Crippen LogP contribution in [0.4, 0.5) is 4.39 Å². The Balaban J connectivity index is 1.47. The van der Waals surface area contributed by atoms with E-state index in [0.717, 1.165) is 43.5 Å². The summed E-state index contributed by atoms with van der Waals surface area (Å²) in [5, 5.41) is 3.63. The fourth-order valence-electron chi connectivity index (χ4n) is 4.34. The van der Waals surface area contributed by atoms with Crippen LogP contribution in [0.25, 0.3) is 0 Å². The van der Waals surface area contributed by atoms with E-state index in [1.807, 2.05) is 41.6 Å². The minimum Gasteiger partial charge on any atom is -0.347 e. The van der Waals surface area contributed by atoms with E-state index in [1.165, 1.54) is 19.3 Å². The van der Waals surface area contributed by atoms with Gasteiger partial charge in [-0.2, -0.15) is 5.48 Å². The van der Waals surface area contributed by atoms with Crippen molar-refractivity contribution in [2.45, 2.75) is 76.5 Å². The maximum absolute atomic E-state index is 15.2. The second-order valence-corrected chi connectivity index (χ2v) is 9.24. The number of nitrogens with zero attached hydrogens (tertiary/aromatic N) is 1. The maximum Gasteiger partial charge on any atom is 0.130 e. The van der Waals surface area contributed by atoms with Crippen molar-refractivity contribution in [3.05, 3.63) is 82.7 Å². The number of unbranched alkanes of at least 4 members (excludes halogenated alkanes) is 1. The molecule has 0 radical (unpaired) electrons. The Morgan fingerprint density at radius 2 is 2.12 bits per heavy atom. The first-order valence-electron chi connectivity index (χ1n) is 11.8. The van der Waals surface area contributed by atoms with Crippen molar-refractivity contribution in [3.8, 4) is 0 Å². The zero-order chi connectivity index (χ0) is 22.4. The first kappa shape index (κ1) is 23.1. The van der Waals surface area contributed by atoms with Gasteiger partial charge in [-0.25, -0.2) is 4.39 Å². The summed E-state index contributed by atoms with van der Waals surface area (Å²) in [6.07, 6.45) is 23.0. The van der Waals surface area contributed by atoms with E-state index < -0.39 is 5.54 Å². The number of hydroxylamine groups is 1. The lowest BCUT2D eigenvalue weighted by molar-refractivity contribution is -0.0802. The highest BCUT2D eigenvalue weighted by Gasteiger charge is 2.36. The number of benzene rings is 1. The van der Waals surface area contributed by atoms with Gasteiger partial charge in [-0.3, -0.25) is 4.84 Å². The van der Waals surface area contributed by atoms with Crippen LogP contribution < -0.4 is 10.8 Å². The molecule has 32 heavy (non-hydrogen) atoms. The first-order valence-corrected chi connectivity index (χ1v) is 12.1. The first-order chi connectivity index (χ1) is 15.6. The lowest BCUT2D eigenvalue weighted by Gasteiger charge is -2.38. The molecule has 1 unspecified atom stereocenters. The van der Waals surface area contributed by atoms with Crippen molar-refractivity contribution < 1.29 is 9.23 Å². The topological polar surface area (TPSA) is 36.5 Å². The molecule has 3 aliphatic rings. The molecule has 172 valence electrons. The van der Waals surface area contributed by atoms with Crippen LogP contribution in [0.3, 0.4) is 0 Å². The van der Waals surface area contributed by atoms with E-state index in [9.17, 15) is 0 Å². The van der Waals surface area contributed by atoms with Gasteiger partial charge in [0.2, 0.25) is 0 Å². The van der Waals surface area contributed by atoms with E-state index >= 15 is 4.39 Å². The number of halogens is 2. The third kappa shape index (κ3) is 5.28. The summed E-state index contributed by atoms with van der Waals surface area (Å²) < 4.78 is 15.2. The van der Waals surface area contributed by atoms with Crippen molar-refractivity contribution in [3.63, 3.8) is 0 Å². The van der Waals surface area contributed by atoms with Crippen molar-refractivity contribution in [1.82, 2.24) is 15.7 Å². The van der Waals surface area contributed by atoms with Crippen LogP contribution in [-0.4, -0.2) is 11.0 Å². The molecule has 1 fully saturated rings. The smallest absolute Gasteiger partial charge is 0.130 e. The minimum atomic E-state index is -0.509. The number of hydrogen-bond donors (Lipinski definition) is 2. The molecule has 4 nitrogen and oxygen atoms in total. The van der Waals surface area contributed by atoms with Gasteiger partial charge in [0.05, 0.1) is 18.2 Å². The SMILES string of the molecule is CCC/C=C\C=C1/NC=CN1Cc1c(F)cc(C2(NOC3CCCCC3)C=CC2)cc1Cl. The molecule has 1 aromatic rings. The Morgan fingerprint density at radius 3 is 2.81 bits per heavy atom. The molecule has 0 saturated heterocycles. The standard InChI is InChI=1S/C26H33ClFN3O/c1-2-3-4-8-12-25-29-15-16-31(25)19-22-23(27)17-20(18-24(22)28)26(13-9-14-26)30-32-21-10-6-5-7-11-21/h4,8-9,12-13,15-18,21,29-30H,2-3,5-7,10-11,14,19H2,1H3/b8-4-,25-12+. The Morgan fingerprint density at radius 1 is 1.31 bits per heavy atom. The predicted molar refractivity (Wildman–Crippen MR) is 128 cm³/mol. The molecule has 0 aromatic heterocycles. The molecule has 1 aliphatic heterocycles. The zero-order valence-corrected chi connectivity index (χ0v) is 19.5. The van der Waals surface area contributed by atoms with Gasteiger partial charge in [0, 0.05) is 23.0 Å². The predicted octanol–water partition coefficient (Wildman–Crippen LogP) is 6.56. The lowest BCUT2D eigenvalue weighted by atomic mass is 9.79. The Hall–Kier alpha value is -2.08. The number of nitrogens with one attached hydrogen (secondary N) is 2. The van der Waals surface area contributed by atoms with Crippen LogP contribution in [0.5, 0.6) is 0 Å². The van der Waals surface area contributed by atoms with E-state index in [4.69, 9.17) is 16.4 Å². The van der Waals surface area contributed by atoms with Gasteiger partial charge in [0.1, 0.15) is 11.6 Å². The molecule has 1 aromatic carbocycles. The van der Waals surface area contributed by atoms with Crippen LogP contribution in [0, 0.1) is 5.82 Å². The normalized spacial score (nSPS) is 24.5. The van der Waals surface area contributed by atoms with E-state index in [1.54, 1.807) is 6.07 Å². The lowest BCUT2D eigenvalue weighted by Crippen LogP contribution is -2.46. The van der Waals surface area contributed by atoms with Crippen molar-refractivity contribution in [2.75, 3.05) is 0 Å². The molecule has 1 atom stereocenters. The quantitative estimate of drug-likeness (QED) is 0.325. The molecule has 2 N–H and O–H groups in total. The molecular weight excluding hydrogens is 425 g/mol. The monoisotopic (exact) mass is 457 g/mol. The third-order valence-electron chi connectivity index (χ3n) is 6.43. The molecule has 0 bridgehead atoms.